The van der Waals surface area contributed by atoms with Crippen LogP contribution < -0.4 is 9.47 Å². The van der Waals surface area contributed by atoms with Crippen molar-refractivity contribution >= 4 is 28.4 Å². The second-order valence-electron chi connectivity index (χ2n) is 10.9. The fraction of sp³-hybridized carbons (Fsp3) is 0.242. The van der Waals surface area contributed by atoms with E-state index in [1.54, 1.807) is 55.5 Å². The van der Waals surface area contributed by atoms with E-state index in [0.29, 0.717) is 63.4 Å². The molecule has 218 valence electrons. The summed E-state index contributed by atoms with van der Waals surface area (Å²) in [6, 6.07) is 16.4. The first kappa shape index (κ1) is 27.5. The van der Waals surface area contributed by atoms with Gasteiger partial charge in [-0.2, -0.15) is 0 Å². The summed E-state index contributed by atoms with van der Waals surface area (Å²) >= 11 is 5.99. The third kappa shape index (κ3) is 4.92. The average Bonchev–Trinajstić information content (AvgIpc) is 3.49. The predicted octanol–water partition coefficient (Wildman–Crippen LogP) is 7.26. The summed E-state index contributed by atoms with van der Waals surface area (Å²) in [6.45, 7) is 4.36. The van der Waals surface area contributed by atoms with Gasteiger partial charge in [-0.15, -0.1) is 0 Å². The molecule has 7 rings (SSSR count). The van der Waals surface area contributed by atoms with Crippen molar-refractivity contribution in [2.24, 2.45) is 0 Å². The summed E-state index contributed by atoms with van der Waals surface area (Å²) in [7, 11) is 0. The molecule has 0 amide bonds. The smallest absolute Gasteiger partial charge is 0.292 e. The minimum atomic E-state index is -1.24. The van der Waals surface area contributed by atoms with Gasteiger partial charge in [0.1, 0.15) is 23.2 Å². The number of hydrogen-bond acceptors (Lipinski definition) is 6. The fourth-order valence-corrected chi connectivity index (χ4v) is 5.66. The van der Waals surface area contributed by atoms with E-state index in [1.165, 1.54) is 25.3 Å². The number of fused-ring (bicyclic) bond motifs is 2. The van der Waals surface area contributed by atoms with Crippen LogP contribution in [0, 0.1) is 11.6 Å². The van der Waals surface area contributed by atoms with Crippen LogP contribution in [0.25, 0.3) is 22.2 Å². The molecule has 10 heteroatoms. The van der Waals surface area contributed by atoms with Crippen molar-refractivity contribution in [3.8, 4) is 22.6 Å². The lowest BCUT2D eigenvalue weighted by Gasteiger charge is -2.27. The molecular weight excluding hydrogens is 576 g/mol. The van der Waals surface area contributed by atoms with Crippen molar-refractivity contribution in [3.63, 3.8) is 0 Å². The molecule has 4 heterocycles. The molecule has 2 atom stereocenters. The Hall–Kier alpha value is -4.34. The van der Waals surface area contributed by atoms with Gasteiger partial charge in [0.25, 0.3) is 5.79 Å². The van der Waals surface area contributed by atoms with Gasteiger partial charge in [0.15, 0.2) is 17.3 Å². The van der Waals surface area contributed by atoms with Crippen LogP contribution in [0.15, 0.2) is 66.9 Å². The molecule has 2 aromatic heterocycles. The van der Waals surface area contributed by atoms with Crippen molar-refractivity contribution in [2.45, 2.75) is 45.1 Å². The number of halogens is 3. The number of benzene rings is 3. The summed E-state index contributed by atoms with van der Waals surface area (Å²) < 4.78 is 51.3. The Bertz CT molecular complexity index is 1880. The molecule has 0 unspecified atom stereocenters. The average molecular weight is 602 g/mol. The summed E-state index contributed by atoms with van der Waals surface area (Å²) in [4.78, 5) is 21.1. The SMILES string of the molecule is CC(=O)c1ccc2nc(Cc3c(F)cc(-c4cccc5c4O[C@@](C)(c4ccc(Cl)cn4)O5)cc3F)n(C[C@@H]3CCO3)c2c1. The normalized spacial score (nSPS) is 19.0. The quantitative estimate of drug-likeness (QED) is 0.183. The summed E-state index contributed by atoms with van der Waals surface area (Å²) in [5.41, 5.74) is 3.08. The van der Waals surface area contributed by atoms with Crippen molar-refractivity contribution in [3.05, 3.63) is 106 Å². The Morgan fingerprint density at radius 1 is 1.09 bits per heavy atom. The van der Waals surface area contributed by atoms with Crippen molar-refractivity contribution in [2.75, 3.05) is 6.61 Å². The van der Waals surface area contributed by atoms with E-state index in [0.717, 1.165) is 11.9 Å². The van der Waals surface area contributed by atoms with Gasteiger partial charge in [-0.3, -0.25) is 9.78 Å². The number of nitrogens with zero attached hydrogens (tertiary/aromatic N) is 3. The minimum Gasteiger partial charge on any atom is -0.443 e. The first-order valence-corrected chi connectivity index (χ1v) is 14.3. The Balaban J connectivity index is 1.23. The van der Waals surface area contributed by atoms with Gasteiger partial charge in [-0.05, 0) is 67.4 Å². The van der Waals surface area contributed by atoms with Crippen molar-refractivity contribution < 1.29 is 27.8 Å². The second kappa shape index (κ2) is 10.4. The van der Waals surface area contributed by atoms with Crippen LogP contribution in [-0.4, -0.2) is 33.0 Å². The van der Waals surface area contributed by atoms with E-state index >= 15 is 8.78 Å². The standard InChI is InChI=1S/C33H26ClF2N3O4/c1-18(40)19-6-8-27-28(14-19)39(17-22-10-11-41-22)31(38-27)15-24-25(35)12-20(13-26(24)36)23-4-3-5-29-32(23)43-33(2,42-29)30-9-7-21(34)16-37-30/h3-9,12-14,16,22H,10-11,15,17H2,1-2H3/t22-,33-/m0/s1. The van der Waals surface area contributed by atoms with Crippen LogP contribution in [0.2, 0.25) is 5.02 Å². The number of aromatic nitrogens is 3. The monoisotopic (exact) mass is 601 g/mol. The Morgan fingerprint density at radius 3 is 2.56 bits per heavy atom. The van der Waals surface area contributed by atoms with Gasteiger partial charge in [-0.1, -0.05) is 23.7 Å². The number of ether oxygens (including phenoxy) is 3. The number of hydrogen-bond donors (Lipinski definition) is 0. The molecule has 0 N–H and O–H groups in total. The molecule has 0 saturated carbocycles. The minimum absolute atomic E-state index is 0.0228. The first-order chi connectivity index (χ1) is 20.7. The molecule has 0 bridgehead atoms. The van der Waals surface area contributed by atoms with Crippen LogP contribution >= 0.6 is 11.6 Å². The zero-order valence-electron chi connectivity index (χ0n) is 23.4. The zero-order valence-corrected chi connectivity index (χ0v) is 24.1. The predicted molar refractivity (Wildman–Crippen MR) is 157 cm³/mol. The second-order valence-corrected chi connectivity index (χ2v) is 11.4. The molecule has 0 spiro atoms. The van der Waals surface area contributed by atoms with E-state index < -0.39 is 17.4 Å². The number of imidazole rings is 1. The third-order valence-corrected chi connectivity index (χ3v) is 8.20. The molecule has 2 aliphatic rings. The highest BCUT2D eigenvalue weighted by Crippen LogP contribution is 2.49. The molecule has 7 nitrogen and oxygen atoms in total. The Labute approximate surface area is 251 Å². The lowest BCUT2D eigenvalue weighted by molar-refractivity contribution is -0.0715. The largest absolute Gasteiger partial charge is 0.443 e. The van der Waals surface area contributed by atoms with Crippen LogP contribution in [0.3, 0.4) is 0 Å². The van der Waals surface area contributed by atoms with Gasteiger partial charge >= 0.3 is 0 Å². The fourth-order valence-electron chi connectivity index (χ4n) is 5.55. The molecular formula is C33H26ClF2N3O4. The number of pyridine rings is 1. The topological polar surface area (TPSA) is 75.5 Å². The summed E-state index contributed by atoms with van der Waals surface area (Å²) in [5, 5.41) is 0.474. The van der Waals surface area contributed by atoms with Crippen molar-refractivity contribution in [1.29, 1.82) is 0 Å². The molecule has 3 aromatic carbocycles. The van der Waals surface area contributed by atoms with Crippen LogP contribution in [0.4, 0.5) is 8.78 Å². The molecule has 43 heavy (non-hydrogen) atoms. The number of Topliss-reactive ketones (excluding diaryl/α,β-unsaturated/α-hetero) is 1. The highest BCUT2D eigenvalue weighted by Gasteiger charge is 2.41. The van der Waals surface area contributed by atoms with E-state index in [2.05, 4.69) is 4.98 Å². The van der Waals surface area contributed by atoms with Crippen LogP contribution in [0.1, 0.15) is 47.7 Å². The number of rotatable bonds is 7. The maximum absolute atomic E-state index is 15.7. The van der Waals surface area contributed by atoms with E-state index in [-0.39, 0.29) is 23.9 Å². The maximum atomic E-state index is 15.7. The lowest BCUT2D eigenvalue weighted by atomic mass is 10.00. The van der Waals surface area contributed by atoms with Gasteiger partial charge in [0.05, 0.1) is 28.7 Å². The molecule has 0 radical (unpaired) electrons. The zero-order chi connectivity index (χ0) is 29.9. The van der Waals surface area contributed by atoms with E-state index in [4.69, 9.17) is 30.8 Å². The van der Waals surface area contributed by atoms with E-state index in [1.807, 2.05) is 4.57 Å². The maximum Gasteiger partial charge on any atom is 0.292 e. The molecule has 1 fully saturated rings. The van der Waals surface area contributed by atoms with Crippen LogP contribution in [-0.2, 0) is 23.5 Å². The van der Waals surface area contributed by atoms with Gasteiger partial charge in [0.2, 0.25) is 0 Å². The summed E-state index contributed by atoms with van der Waals surface area (Å²) in [6.07, 6.45) is 2.27. The number of carbonyl (C=O) groups is 1. The Morgan fingerprint density at radius 2 is 1.88 bits per heavy atom. The van der Waals surface area contributed by atoms with Gasteiger partial charge < -0.3 is 18.8 Å². The molecule has 1 saturated heterocycles. The Kier molecular flexibility index (Phi) is 6.67. The first-order valence-electron chi connectivity index (χ1n) is 13.9. The highest BCUT2D eigenvalue weighted by molar-refractivity contribution is 6.30. The van der Waals surface area contributed by atoms with E-state index in [9.17, 15) is 4.79 Å². The molecule has 5 aromatic rings. The third-order valence-electron chi connectivity index (χ3n) is 7.97. The summed E-state index contributed by atoms with van der Waals surface area (Å²) in [5.74, 6) is -1.47. The van der Waals surface area contributed by atoms with Crippen molar-refractivity contribution in [1.82, 2.24) is 14.5 Å². The number of ketones is 1. The highest BCUT2D eigenvalue weighted by atomic mass is 35.5. The lowest BCUT2D eigenvalue weighted by Crippen LogP contribution is -2.32. The molecule has 2 aliphatic heterocycles. The van der Waals surface area contributed by atoms with Gasteiger partial charge in [0, 0.05) is 42.8 Å². The van der Waals surface area contributed by atoms with Crippen LogP contribution in [0.5, 0.6) is 11.5 Å². The molecule has 0 aliphatic carbocycles. The number of para-hydroxylation sites is 1. The number of carbonyl (C=O) groups excluding carboxylic acids is 1. The van der Waals surface area contributed by atoms with Gasteiger partial charge in [-0.25, -0.2) is 13.8 Å².